The monoisotopic (exact) mass is 290 g/mol. The Hall–Kier alpha value is -2.14. The lowest BCUT2D eigenvalue weighted by molar-refractivity contribution is 0.0950. The Kier molecular flexibility index (Phi) is 4.53. The second kappa shape index (κ2) is 6.34. The van der Waals surface area contributed by atoms with Gasteiger partial charge in [0.15, 0.2) is 5.69 Å². The van der Waals surface area contributed by atoms with E-state index in [0.717, 1.165) is 11.3 Å². The van der Waals surface area contributed by atoms with Crippen LogP contribution in [0.25, 0.3) is 0 Å². The number of hydrogen-bond acceptors (Lipinski definition) is 3. The van der Waals surface area contributed by atoms with Crippen molar-refractivity contribution in [3.8, 4) is 0 Å². The van der Waals surface area contributed by atoms with E-state index in [1.807, 2.05) is 32.0 Å². The van der Waals surface area contributed by atoms with Crippen LogP contribution in [-0.2, 0) is 0 Å². The normalized spacial score (nSPS) is 11.2. The number of aromatic amines is 1. The molecule has 0 radical (unpaired) electrons. The van der Waals surface area contributed by atoms with Crippen molar-refractivity contribution in [3.63, 3.8) is 0 Å². The van der Waals surface area contributed by atoms with Crippen molar-refractivity contribution in [1.29, 1.82) is 0 Å². The zero-order valence-corrected chi connectivity index (χ0v) is 12.0. The molecule has 0 saturated heterocycles. The number of carbonyl (C=O) groups excluding carboxylic acids is 1. The van der Waals surface area contributed by atoms with Gasteiger partial charge in [-0.15, -0.1) is 0 Å². The summed E-state index contributed by atoms with van der Waals surface area (Å²) in [6.45, 7) is 4.04. The second-order valence-electron chi connectivity index (χ2n) is 4.58. The summed E-state index contributed by atoms with van der Waals surface area (Å²) in [5, 5.41) is 11.2. The summed E-state index contributed by atoms with van der Waals surface area (Å²) in [5.41, 5.74) is 4.37. The third kappa shape index (κ3) is 3.45. The molecule has 0 aliphatic carbocycles. The summed E-state index contributed by atoms with van der Waals surface area (Å²) in [7, 11) is 0. The molecular weight excluding hydrogens is 276 g/mol. The molecule has 2 rings (SSSR count). The van der Waals surface area contributed by atoms with Crippen LogP contribution in [-0.4, -0.2) is 22.3 Å². The molecule has 0 saturated carbocycles. The zero-order valence-electron chi connectivity index (χ0n) is 11.2. The molecule has 0 bridgehead atoms. The van der Waals surface area contributed by atoms with E-state index in [0.29, 0.717) is 10.7 Å². The highest BCUT2D eigenvalue weighted by Gasteiger charge is 2.11. The molecule has 1 heterocycles. The lowest BCUT2D eigenvalue weighted by atomic mass is 10.1. The molecule has 1 aromatic carbocycles. The van der Waals surface area contributed by atoms with Gasteiger partial charge in [0.05, 0.1) is 6.21 Å². The number of hydrazone groups is 1. The highest BCUT2D eigenvalue weighted by Crippen LogP contribution is 2.13. The average molecular weight is 291 g/mol. The Morgan fingerprint density at radius 3 is 2.85 bits per heavy atom. The summed E-state index contributed by atoms with van der Waals surface area (Å²) in [6.07, 6.45) is 1.50. The number of carbonyl (C=O) groups is 1. The molecular formula is C14H15ClN4O. The fourth-order valence-corrected chi connectivity index (χ4v) is 1.73. The average Bonchev–Trinajstić information content (AvgIpc) is 2.91. The molecule has 20 heavy (non-hydrogen) atoms. The topological polar surface area (TPSA) is 70.1 Å². The molecule has 0 unspecified atom stereocenters. The first-order valence-electron chi connectivity index (χ1n) is 6.21. The number of rotatable bonds is 4. The first kappa shape index (κ1) is 14.3. The fraction of sp³-hybridized carbons (Fsp3) is 0.214. The van der Waals surface area contributed by atoms with Crippen LogP contribution in [0.3, 0.4) is 0 Å². The quantitative estimate of drug-likeness (QED) is 0.671. The Morgan fingerprint density at radius 2 is 2.20 bits per heavy atom. The number of nitrogens with zero attached hydrogens (tertiary/aromatic N) is 2. The van der Waals surface area contributed by atoms with Gasteiger partial charge in [-0.05, 0) is 18.1 Å². The van der Waals surface area contributed by atoms with E-state index < -0.39 is 0 Å². The summed E-state index contributed by atoms with van der Waals surface area (Å²) in [6, 6.07) is 8.95. The molecule has 0 aliphatic rings. The minimum atomic E-state index is -0.364. The van der Waals surface area contributed by atoms with E-state index in [9.17, 15) is 4.79 Å². The van der Waals surface area contributed by atoms with E-state index in [2.05, 4.69) is 20.7 Å². The van der Waals surface area contributed by atoms with Gasteiger partial charge in [0, 0.05) is 16.3 Å². The van der Waals surface area contributed by atoms with Crippen molar-refractivity contribution < 1.29 is 4.79 Å². The minimum Gasteiger partial charge on any atom is -0.282 e. The van der Waals surface area contributed by atoms with Gasteiger partial charge in [0.2, 0.25) is 0 Å². The zero-order chi connectivity index (χ0) is 14.5. The predicted molar refractivity (Wildman–Crippen MR) is 79.2 cm³/mol. The molecule has 2 N–H and O–H groups in total. The molecule has 1 aromatic heterocycles. The highest BCUT2D eigenvalue weighted by molar-refractivity contribution is 6.33. The van der Waals surface area contributed by atoms with E-state index in [4.69, 9.17) is 11.6 Å². The van der Waals surface area contributed by atoms with Crippen LogP contribution in [0, 0.1) is 0 Å². The molecule has 0 aliphatic heterocycles. The predicted octanol–water partition coefficient (Wildman–Crippen LogP) is 2.95. The SMILES string of the molecule is CC(C)c1cc(C(=O)N/N=C\c2ccccc2Cl)n[nH]1. The van der Waals surface area contributed by atoms with Gasteiger partial charge in [0.1, 0.15) is 0 Å². The van der Waals surface area contributed by atoms with Gasteiger partial charge < -0.3 is 0 Å². The molecule has 0 fully saturated rings. The van der Waals surface area contributed by atoms with E-state index in [-0.39, 0.29) is 11.8 Å². The third-order valence-corrected chi connectivity index (χ3v) is 3.07. The maximum absolute atomic E-state index is 11.8. The van der Waals surface area contributed by atoms with Crippen molar-refractivity contribution in [1.82, 2.24) is 15.6 Å². The molecule has 1 amide bonds. The van der Waals surface area contributed by atoms with Gasteiger partial charge in [-0.1, -0.05) is 43.6 Å². The Morgan fingerprint density at radius 1 is 1.45 bits per heavy atom. The van der Waals surface area contributed by atoms with Crippen molar-refractivity contribution in [2.75, 3.05) is 0 Å². The molecule has 104 valence electrons. The summed E-state index contributed by atoms with van der Waals surface area (Å²) < 4.78 is 0. The smallest absolute Gasteiger partial charge is 0.282 e. The van der Waals surface area contributed by atoms with Crippen LogP contribution in [0.5, 0.6) is 0 Å². The summed E-state index contributed by atoms with van der Waals surface area (Å²) in [4.78, 5) is 11.8. The van der Waals surface area contributed by atoms with Crippen LogP contribution in [0.2, 0.25) is 5.02 Å². The number of nitrogens with one attached hydrogen (secondary N) is 2. The number of aromatic nitrogens is 2. The van der Waals surface area contributed by atoms with Crippen molar-refractivity contribution in [3.05, 3.63) is 52.3 Å². The van der Waals surface area contributed by atoms with Gasteiger partial charge in [-0.3, -0.25) is 9.89 Å². The van der Waals surface area contributed by atoms with Gasteiger partial charge >= 0.3 is 0 Å². The number of halogens is 1. The van der Waals surface area contributed by atoms with Crippen LogP contribution in [0.15, 0.2) is 35.4 Å². The molecule has 6 heteroatoms. The molecule has 2 aromatic rings. The van der Waals surface area contributed by atoms with E-state index >= 15 is 0 Å². The van der Waals surface area contributed by atoms with Crippen molar-refractivity contribution in [2.45, 2.75) is 19.8 Å². The van der Waals surface area contributed by atoms with Crippen molar-refractivity contribution >= 4 is 23.7 Å². The standard InChI is InChI=1S/C14H15ClN4O/c1-9(2)12-7-13(18-17-12)14(20)19-16-8-10-5-3-4-6-11(10)15/h3-9H,1-2H3,(H,17,18)(H,19,20)/b16-8-. The Labute approximate surface area is 122 Å². The lowest BCUT2D eigenvalue weighted by Gasteiger charge is -1.97. The van der Waals surface area contributed by atoms with E-state index in [1.165, 1.54) is 6.21 Å². The first-order valence-corrected chi connectivity index (χ1v) is 6.59. The number of H-pyrrole nitrogens is 1. The summed E-state index contributed by atoms with van der Waals surface area (Å²) in [5.74, 6) is -0.0767. The van der Waals surface area contributed by atoms with Gasteiger partial charge in [-0.2, -0.15) is 10.2 Å². The Balaban J connectivity index is 2.00. The highest BCUT2D eigenvalue weighted by atomic mass is 35.5. The molecule has 0 atom stereocenters. The minimum absolute atomic E-state index is 0.288. The van der Waals surface area contributed by atoms with Crippen molar-refractivity contribution in [2.24, 2.45) is 5.10 Å². The molecule has 5 nitrogen and oxygen atoms in total. The number of amides is 1. The van der Waals surface area contributed by atoms with Gasteiger partial charge in [0.25, 0.3) is 5.91 Å². The van der Waals surface area contributed by atoms with Crippen LogP contribution in [0.4, 0.5) is 0 Å². The number of benzene rings is 1. The lowest BCUT2D eigenvalue weighted by Crippen LogP contribution is -2.18. The third-order valence-electron chi connectivity index (χ3n) is 2.73. The fourth-order valence-electron chi connectivity index (χ4n) is 1.55. The van der Waals surface area contributed by atoms with E-state index in [1.54, 1.807) is 12.1 Å². The number of hydrogen-bond donors (Lipinski definition) is 2. The Bertz CT molecular complexity index is 634. The largest absolute Gasteiger partial charge is 0.291 e. The maximum atomic E-state index is 11.8. The maximum Gasteiger partial charge on any atom is 0.291 e. The molecule has 0 spiro atoms. The van der Waals surface area contributed by atoms with Crippen LogP contribution in [0.1, 0.15) is 41.5 Å². The second-order valence-corrected chi connectivity index (χ2v) is 4.99. The summed E-state index contributed by atoms with van der Waals surface area (Å²) >= 11 is 5.97. The van der Waals surface area contributed by atoms with Crippen LogP contribution < -0.4 is 5.43 Å². The first-order chi connectivity index (χ1) is 9.58. The van der Waals surface area contributed by atoms with Gasteiger partial charge in [-0.25, -0.2) is 5.43 Å². The van der Waals surface area contributed by atoms with Crippen LogP contribution >= 0.6 is 11.6 Å².